The Bertz CT molecular complexity index is 557. The number of guanidine groups is 1. The molecule has 5 N–H and O–H groups in total. The van der Waals surface area contributed by atoms with E-state index in [1.807, 2.05) is 0 Å². The third-order valence-electron chi connectivity index (χ3n) is 1.91. The fourth-order valence-electron chi connectivity index (χ4n) is 1.21. The second kappa shape index (κ2) is 5.41. The van der Waals surface area contributed by atoms with Crippen LogP contribution in [0.3, 0.4) is 0 Å². The molecule has 0 amide bonds. The molecule has 0 unspecified atom stereocenters. The Hall–Kier alpha value is -2.22. The second-order valence-electron chi connectivity index (χ2n) is 3.29. The number of furan rings is 1. The highest BCUT2D eigenvalue weighted by atomic mass is 32.2. The maximum absolute atomic E-state index is 7.45. The molecule has 7 nitrogen and oxygen atoms in total. The number of hydrogen-bond donors (Lipinski definition) is 3. The van der Waals surface area contributed by atoms with Crippen LogP contribution in [-0.2, 0) is 5.75 Å². The van der Waals surface area contributed by atoms with Crippen LogP contribution in [0.1, 0.15) is 5.69 Å². The van der Waals surface area contributed by atoms with Gasteiger partial charge in [0.1, 0.15) is 0 Å². The molecular formula is C10H11N5O2S. The molecule has 94 valence electrons. The highest BCUT2D eigenvalue weighted by molar-refractivity contribution is 8.13. The number of nitrogens with two attached hydrogens (primary N) is 2. The van der Waals surface area contributed by atoms with Gasteiger partial charge in [0, 0.05) is 11.8 Å². The fourth-order valence-corrected chi connectivity index (χ4v) is 1.80. The number of thioether (sulfide) groups is 1. The number of aromatic nitrogens is 1. The molecule has 2 aromatic heterocycles. The molecule has 0 aromatic carbocycles. The van der Waals surface area contributed by atoms with E-state index < -0.39 is 0 Å². The van der Waals surface area contributed by atoms with E-state index in [1.165, 1.54) is 0 Å². The van der Waals surface area contributed by atoms with E-state index in [2.05, 4.69) is 10.1 Å². The molecule has 0 spiro atoms. The predicted octanol–water partition coefficient (Wildman–Crippen LogP) is 1.38. The van der Waals surface area contributed by atoms with Gasteiger partial charge in [-0.15, -0.1) is 0 Å². The van der Waals surface area contributed by atoms with Crippen LogP contribution in [0.4, 0.5) is 0 Å². The molecule has 0 aliphatic rings. The summed E-state index contributed by atoms with van der Waals surface area (Å²) in [6.07, 6.45) is 1.56. The van der Waals surface area contributed by atoms with E-state index in [9.17, 15) is 0 Å². The molecule has 2 aromatic rings. The monoisotopic (exact) mass is 265 g/mol. The van der Waals surface area contributed by atoms with Gasteiger partial charge in [-0.05, 0) is 12.1 Å². The van der Waals surface area contributed by atoms with Crippen molar-refractivity contribution in [3.63, 3.8) is 0 Å². The number of hydrogen-bond acceptors (Lipinski definition) is 5. The minimum atomic E-state index is -0.135. The van der Waals surface area contributed by atoms with E-state index in [1.54, 1.807) is 24.5 Å². The van der Waals surface area contributed by atoms with Gasteiger partial charge in [0.2, 0.25) is 5.76 Å². The molecule has 0 fully saturated rings. The van der Waals surface area contributed by atoms with Crippen molar-refractivity contribution >= 4 is 22.9 Å². The normalized spacial score (nSPS) is 10.2. The first kappa shape index (κ1) is 12.2. The lowest BCUT2D eigenvalue weighted by molar-refractivity contribution is 0.413. The van der Waals surface area contributed by atoms with Gasteiger partial charge in [0.25, 0.3) is 0 Å². The minimum absolute atomic E-state index is 0.0255. The maximum atomic E-state index is 7.45. The van der Waals surface area contributed by atoms with E-state index in [-0.39, 0.29) is 11.1 Å². The van der Waals surface area contributed by atoms with Gasteiger partial charge in [-0.2, -0.15) is 4.99 Å². The molecule has 0 aliphatic carbocycles. The average molecular weight is 265 g/mol. The highest BCUT2D eigenvalue weighted by Crippen LogP contribution is 2.22. The van der Waals surface area contributed by atoms with E-state index in [4.69, 9.17) is 25.8 Å². The van der Waals surface area contributed by atoms with Crippen molar-refractivity contribution < 1.29 is 8.94 Å². The number of nitrogens with one attached hydrogen (secondary N) is 1. The van der Waals surface area contributed by atoms with Crippen molar-refractivity contribution in [2.75, 3.05) is 0 Å². The Morgan fingerprint density at radius 1 is 1.44 bits per heavy atom. The summed E-state index contributed by atoms with van der Waals surface area (Å²) in [5.74, 6) is 1.46. The van der Waals surface area contributed by atoms with Crippen molar-refractivity contribution in [2.45, 2.75) is 5.75 Å². The molecule has 0 atom stereocenters. The lowest BCUT2D eigenvalue weighted by Gasteiger charge is -1.95. The Kier molecular flexibility index (Phi) is 3.68. The van der Waals surface area contributed by atoms with Gasteiger partial charge in [-0.25, -0.2) is 0 Å². The van der Waals surface area contributed by atoms with Crippen molar-refractivity contribution in [1.29, 1.82) is 5.41 Å². The topological polar surface area (TPSA) is 127 Å². The summed E-state index contributed by atoms with van der Waals surface area (Å²) in [6, 6.07) is 5.29. The van der Waals surface area contributed by atoms with E-state index in [0.717, 1.165) is 11.8 Å². The molecule has 18 heavy (non-hydrogen) atoms. The van der Waals surface area contributed by atoms with E-state index in [0.29, 0.717) is 23.0 Å². The lowest BCUT2D eigenvalue weighted by atomic mass is 10.3. The average Bonchev–Trinajstić information content (AvgIpc) is 2.96. The standard InChI is InChI=1S/C10H11N5O2S/c11-9(12)14-10(13)18-5-6-4-8(17-15-6)7-2-1-3-16-7/h1-4H,5H2,(H5,11,12,13,14). The number of aliphatic imine (C=N–C) groups is 1. The van der Waals surface area contributed by atoms with Crippen molar-refractivity contribution in [2.24, 2.45) is 16.5 Å². The summed E-state index contributed by atoms with van der Waals surface area (Å²) in [6.45, 7) is 0. The Balaban J connectivity index is 1.96. The molecule has 8 heteroatoms. The van der Waals surface area contributed by atoms with Crippen LogP contribution in [-0.4, -0.2) is 16.3 Å². The van der Waals surface area contributed by atoms with Crippen molar-refractivity contribution in [3.8, 4) is 11.5 Å². The quantitative estimate of drug-likeness (QED) is 0.568. The summed E-state index contributed by atoms with van der Waals surface area (Å²) < 4.78 is 10.3. The lowest BCUT2D eigenvalue weighted by Crippen LogP contribution is -2.23. The van der Waals surface area contributed by atoms with E-state index >= 15 is 0 Å². The fraction of sp³-hybridized carbons (Fsp3) is 0.100. The molecule has 2 rings (SSSR count). The maximum Gasteiger partial charge on any atom is 0.202 e. The zero-order valence-corrected chi connectivity index (χ0v) is 10.1. The third kappa shape index (κ3) is 3.14. The molecule has 0 saturated heterocycles. The summed E-state index contributed by atoms with van der Waals surface area (Å²) >= 11 is 1.15. The molecule has 0 bridgehead atoms. The number of rotatable bonds is 3. The third-order valence-corrected chi connectivity index (χ3v) is 2.72. The Morgan fingerprint density at radius 3 is 2.94 bits per heavy atom. The SMILES string of the molecule is N=C(N=C(N)N)SCc1cc(-c2ccco2)on1. The largest absolute Gasteiger partial charge is 0.461 e. The Labute approximate surface area is 107 Å². The van der Waals surface area contributed by atoms with Crippen LogP contribution in [0.5, 0.6) is 0 Å². The molecular weight excluding hydrogens is 254 g/mol. The summed E-state index contributed by atoms with van der Waals surface area (Å²) in [5, 5.41) is 11.3. The highest BCUT2D eigenvalue weighted by Gasteiger charge is 2.09. The van der Waals surface area contributed by atoms with Crippen molar-refractivity contribution in [3.05, 3.63) is 30.2 Å². The van der Waals surface area contributed by atoms with Crippen LogP contribution in [0, 0.1) is 5.41 Å². The van der Waals surface area contributed by atoms with Crippen LogP contribution in [0.2, 0.25) is 0 Å². The zero-order chi connectivity index (χ0) is 13.0. The summed E-state index contributed by atoms with van der Waals surface area (Å²) in [7, 11) is 0. The second-order valence-corrected chi connectivity index (χ2v) is 4.25. The Morgan fingerprint density at radius 2 is 2.28 bits per heavy atom. The first-order chi connectivity index (χ1) is 8.65. The van der Waals surface area contributed by atoms with Gasteiger partial charge < -0.3 is 20.4 Å². The molecule has 2 heterocycles. The van der Waals surface area contributed by atoms with Gasteiger partial charge in [-0.3, -0.25) is 5.41 Å². The smallest absolute Gasteiger partial charge is 0.202 e. The minimum Gasteiger partial charge on any atom is -0.461 e. The predicted molar refractivity (Wildman–Crippen MR) is 69.0 cm³/mol. The first-order valence-corrected chi connectivity index (χ1v) is 5.94. The molecule has 0 saturated carbocycles. The molecule has 0 aliphatic heterocycles. The van der Waals surface area contributed by atoms with Crippen LogP contribution in [0.15, 0.2) is 38.4 Å². The van der Waals surface area contributed by atoms with Crippen LogP contribution in [0.25, 0.3) is 11.5 Å². The van der Waals surface area contributed by atoms with Gasteiger partial charge >= 0.3 is 0 Å². The van der Waals surface area contributed by atoms with Crippen LogP contribution >= 0.6 is 11.8 Å². The van der Waals surface area contributed by atoms with Gasteiger partial charge in [-0.1, -0.05) is 16.9 Å². The molecule has 0 radical (unpaired) electrons. The first-order valence-electron chi connectivity index (χ1n) is 4.95. The van der Waals surface area contributed by atoms with Crippen molar-refractivity contribution in [1.82, 2.24) is 5.16 Å². The number of nitrogens with zero attached hydrogens (tertiary/aromatic N) is 2. The number of amidine groups is 1. The zero-order valence-electron chi connectivity index (χ0n) is 9.29. The summed E-state index contributed by atoms with van der Waals surface area (Å²) in [4.78, 5) is 3.59. The van der Waals surface area contributed by atoms with Gasteiger partial charge in [0.05, 0.1) is 12.0 Å². The van der Waals surface area contributed by atoms with Crippen LogP contribution < -0.4 is 11.5 Å². The van der Waals surface area contributed by atoms with Gasteiger partial charge in [0.15, 0.2) is 16.9 Å². The summed E-state index contributed by atoms with van der Waals surface area (Å²) in [5.41, 5.74) is 11.0.